The first-order chi connectivity index (χ1) is 11.7. The van der Waals surface area contributed by atoms with Crippen molar-refractivity contribution < 1.29 is 9.18 Å². The highest BCUT2D eigenvalue weighted by Gasteiger charge is 2.09. The Hall–Kier alpha value is -3.28. The van der Waals surface area contributed by atoms with Crippen molar-refractivity contribution in [3.63, 3.8) is 0 Å². The van der Waals surface area contributed by atoms with Gasteiger partial charge >= 0.3 is 0 Å². The number of rotatable bonds is 5. The van der Waals surface area contributed by atoms with Crippen molar-refractivity contribution in [3.8, 4) is 0 Å². The molecule has 5 nitrogen and oxygen atoms in total. The van der Waals surface area contributed by atoms with Crippen molar-refractivity contribution in [1.82, 2.24) is 15.3 Å². The molecule has 3 rings (SSSR count). The number of halogens is 1. The van der Waals surface area contributed by atoms with Gasteiger partial charge in [-0.25, -0.2) is 14.4 Å². The molecule has 0 saturated carbocycles. The molecule has 2 aromatic carbocycles. The van der Waals surface area contributed by atoms with Gasteiger partial charge in [0.25, 0.3) is 5.91 Å². The zero-order chi connectivity index (χ0) is 16.8. The van der Waals surface area contributed by atoms with Crippen LogP contribution in [0.4, 0.5) is 16.0 Å². The van der Waals surface area contributed by atoms with Crippen molar-refractivity contribution >= 4 is 17.5 Å². The van der Waals surface area contributed by atoms with Crippen LogP contribution in [0.1, 0.15) is 16.1 Å². The molecule has 0 atom stereocenters. The highest BCUT2D eigenvalue weighted by atomic mass is 19.1. The summed E-state index contributed by atoms with van der Waals surface area (Å²) in [6.45, 7) is 0.296. The number of carbonyl (C=O) groups excluding carboxylic acids is 1. The van der Waals surface area contributed by atoms with E-state index in [0.717, 1.165) is 11.3 Å². The highest BCUT2D eigenvalue weighted by molar-refractivity contribution is 5.92. The first-order valence-electron chi connectivity index (χ1n) is 7.38. The number of carbonyl (C=O) groups is 1. The lowest BCUT2D eigenvalue weighted by Gasteiger charge is -2.07. The molecule has 0 aliphatic rings. The fourth-order valence-electron chi connectivity index (χ4n) is 2.07. The topological polar surface area (TPSA) is 66.9 Å². The molecule has 1 amide bonds. The summed E-state index contributed by atoms with van der Waals surface area (Å²) in [5.74, 6) is -0.286. The lowest BCUT2D eigenvalue weighted by Crippen LogP contribution is -2.24. The lowest BCUT2D eigenvalue weighted by molar-refractivity contribution is 0.0946. The Morgan fingerprint density at radius 3 is 2.50 bits per heavy atom. The van der Waals surface area contributed by atoms with Crippen molar-refractivity contribution in [2.45, 2.75) is 6.54 Å². The van der Waals surface area contributed by atoms with Crippen LogP contribution in [-0.4, -0.2) is 15.9 Å². The first-order valence-corrected chi connectivity index (χ1v) is 7.38. The van der Waals surface area contributed by atoms with Crippen molar-refractivity contribution in [2.75, 3.05) is 5.32 Å². The summed E-state index contributed by atoms with van der Waals surface area (Å²) in [5.41, 5.74) is 1.90. The molecule has 1 heterocycles. The Morgan fingerprint density at radius 1 is 1.00 bits per heavy atom. The quantitative estimate of drug-likeness (QED) is 0.756. The second-order valence-corrected chi connectivity index (χ2v) is 5.07. The minimum absolute atomic E-state index is 0.255. The molecular weight excluding hydrogens is 307 g/mol. The minimum atomic E-state index is -0.321. The predicted octanol–water partition coefficient (Wildman–Crippen LogP) is 3.29. The maximum atomic E-state index is 12.9. The second kappa shape index (κ2) is 7.32. The van der Waals surface area contributed by atoms with E-state index in [1.165, 1.54) is 24.4 Å². The minimum Gasteiger partial charge on any atom is -0.347 e. The molecule has 24 heavy (non-hydrogen) atoms. The van der Waals surface area contributed by atoms with Crippen LogP contribution in [0.3, 0.4) is 0 Å². The fraction of sp³-hybridized carbons (Fsp3) is 0.0556. The van der Waals surface area contributed by atoms with Gasteiger partial charge in [0, 0.05) is 18.4 Å². The maximum Gasteiger partial charge on any atom is 0.270 e. The van der Waals surface area contributed by atoms with Gasteiger partial charge in [0.2, 0.25) is 5.95 Å². The largest absolute Gasteiger partial charge is 0.347 e. The molecule has 0 unspecified atom stereocenters. The van der Waals surface area contributed by atoms with E-state index in [1.807, 2.05) is 30.3 Å². The Morgan fingerprint density at radius 2 is 1.75 bits per heavy atom. The number of aromatic nitrogens is 2. The van der Waals surface area contributed by atoms with E-state index in [1.54, 1.807) is 12.1 Å². The summed E-state index contributed by atoms with van der Waals surface area (Å²) < 4.78 is 12.9. The summed E-state index contributed by atoms with van der Waals surface area (Å²) in [6, 6.07) is 16.9. The van der Waals surface area contributed by atoms with Crippen molar-refractivity contribution in [2.24, 2.45) is 0 Å². The van der Waals surface area contributed by atoms with Gasteiger partial charge in [0.15, 0.2) is 0 Å². The van der Waals surface area contributed by atoms with E-state index in [9.17, 15) is 9.18 Å². The average Bonchev–Trinajstić information content (AvgIpc) is 2.62. The number of hydrogen-bond acceptors (Lipinski definition) is 4. The second-order valence-electron chi connectivity index (χ2n) is 5.07. The standard InChI is InChI=1S/C18H15FN4O/c19-14-8-6-13(7-9-14)12-21-17(24)16-10-11-20-18(23-16)22-15-4-2-1-3-5-15/h1-11H,12H2,(H,21,24)(H,20,22,23). The SMILES string of the molecule is O=C(NCc1ccc(F)cc1)c1ccnc(Nc2ccccc2)n1. The molecule has 0 aliphatic heterocycles. The Labute approximate surface area is 138 Å². The van der Waals surface area contributed by atoms with E-state index < -0.39 is 0 Å². The highest BCUT2D eigenvalue weighted by Crippen LogP contribution is 2.11. The average molecular weight is 322 g/mol. The molecule has 0 fully saturated rings. The summed E-state index contributed by atoms with van der Waals surface area (Å²) in [6.07, 6.45) is 1.52. The molecule has 3 aromatic rings. The van der Waals surface area contributed by atoms with Gasteiger partial charge in [0.05, 0.1) is 0 Å². The third-order valence-electron chi connectivity index (χ3n) is 3.28. The zero-order valence-corrected chi connectivity index (χ0v) is 12.7. The number of nitrogens with zero attached hydrogens (tertiary/aromatic N) is 2. The van der Waals surface area contributed by atoms with Crippen molar-refractivity contribution in [1.29, 1.82) is 0 Å². The Kier molecular flexibility index (Phi) is 4.76. The third kappa shape index (κ3) is 4.13. The van der Waals surface area contributed by atoms with Gasteiger partial charge in [-0.1, -0.05) is 30.3 Å². The number of amides is 1. The van der Waals surface area contributed by atoms with Gasteiger partial charge < -0.3 is 10.6 Å². The van der Waals surface area contributed by atoms with E-state index in [2.05, 4.69) is 20.6 Å². The first kappa shape index (κ1) is 15.6. The van der Waals surface area contributed by atoms with Gasteiger partial charge in [-0.05, 0) is 35.9 Å². The fourth-order valence-corrected chi connectivity index (χ4v) is 2.07. The van der Waals surface area contributed by atoms with Crippen LogP contribution in [0.25, 0.3) is 0 Å². The number of anilines is 2. The van der Waals surface area contributed by atoms with Crippen LogP contribution in [0, 0.1) is 5.82 Å². The van der Waals surface area contributed by atoms with Gasteiger partial charge in [-0.3, -0.25) is 4.79 Å². The number of hydrogen-bond donors (Lipinski definition) is 2. The Balaban J connectivity index is 1.64. The van der Waals surface area contributed by atoms with E-state index >= 15 is 0 Å². The van der Waals surface area contributed by atoms with Gasteiger partial charge in [-0.2, -0.15) is 0 Å². The molecule has 6 heteroatoms. The van der Waals surface area contributed by atoms with E-state index in [-0.39, 0.29) is 17.4 Å². The molecule has 1 aromatic heterocycles. The molecular formula is C18H15FN4O. The predicted molar refractivity (Wildman–Crippen MR) is 89.3 cm³/mol. The summed E-state index contributed by atoms with van der Waals surface area (Å²) in [4.78, 5) is 20.5. The zero-order valence-electron chi connectivity index (χ0n) is 12.7. The van der Waals surface area contributed by atoms with Gasteiger partial charge in [-0.15, -0.1) is 0 Å². The van der Waals surface area contributed by atoms with E-state index in [0.29, 0.717) is 12.5 Å². The monoisotopic (exact) mass is 322 g/mol. The number of benzene rings is 2. The maximum absolute atomic E-state index is 12.9. The van der Waals surface area contributed by atoms with Crippen LogP contribution >= 0.6 is 0 Å². The smallest absolute Gasteiger partial charge is 0.270 e. The van der Waals surface area contributed by atoms with Crippen LogP contribution < -0.4 is 10.6 Å². The molecule has 0 bridgehead atoms. The Bertz CT molecular complexity index is 822. The number of nitrogens with one attached hydrogen (secondary N) is 2. The normalized spacial score (nSPS) is 10.2. The molecule has 0 radical (unpaired) electrons. The lowest BCUT2D eigenvalue weighted by atomic mass is 10.2. The summed E-state index contributed by atoms with van der Waals surface area (Å²) in [7, 11) is 0. The molecule has 0 aliphatic carbocycles. The van der Waals surface area contributed by atoms with E-state index in [4.69, 9.17) is 0 Å². The molecule has 0 saturated heterocycles. The van der Waals surface area contributed by atoms with Crippen LogP contribution in [0.5, 0.6) is 0 Å². The molecule has 0 spiro atoms. The van der Waals surface area contributed by atoms with Crippen molar-refractivity contribution in [3.05, 3.63) is 83.9 Å². The van der Waals surface area contributed by atoms with Crippen LogP contribution in [0.2, 0.25) is 0 Å². The molecule has 2 N–H and O–H groups in total. The molecule has 120 valence electrons. The summed E-state index contributed by atoms with van der Waals surface area (Å²) in [5, 5.41) is 5.78. The van der Waals surface area contributed by atoms with Crippen LogP contribution in [0.15, 0.2) is 66.9 Å². The van der Waals surface area contributed by atoms with Crippen LogP contribution in [-0.2, 0) is 6.54 Å². The summed E-state index contributed by atoms with van der Waals surface area (Å²) >= 11 is 0. The van der Waals surface area contributed by atoms with Gasteiger partial charge in [0.1, 0.15) is 11.5 Å². The third-order valence-corrected chi connectivity index (χ3v) is 3.28. The number of para-hydroxylation sites is 1.